The lowest BCUT2D eigenvalue weighted by Gasteiger charge is -2.33. The highest BCUT2D eigenvalue weighted by Gasteiger charge is 2.39. The van der Waals surface area contributed by atoms with Gasteiger partial charge in [0.05, 0.1) is 5.75 Å². The molecule has 2 N–H and O–H groups in total. The first-order valence-corrected chi connectivity index (χ1v) is 6.80. The summed E-state index contributed by atoms with van der Waals surface area (Å²) in [6.07, 6.45) is 2.82. The van der Waals surface area contributed by atoms with Crippen LogP contribution in [0, 0.1) is 5.92 Å². The van der Waals surface area contributed by atoms with E-state index < -0.39 is 15.6 Å². The number of hydrogen-bond donors (Lipinski definition) is 2. The summed E-state index contributed by atoms with van der Waals surface area (Å²) in [5.74, 6) is -1.20. The summed E-state index contributed by atoms with van der Waals surface area (Å²) in [6.45, 7) is 0. The zero-order valence-electron chi connectivity index (χ0n) is 8.55. The van der Waals surface area contributed by atoms with Gasteiger partial charge in [-0.3, -0.25) is 0 Å². The molecule has 0 spiro atoms. The molecule has 6 nitrogen and oxygen atoms in total. The number of hydrogen-bond acceptors (Lipinski definition) is 6. The van der Waals surface area contributed by atoms with Crippen LogP contribution in [0.25, 0.3) is 0 Å². The fraction of sp³-hybridized carbons (Fsp3) is 1.00. The monoisotopic (exact) mass is 240 g/mol. The van der Waals surface area contributed by atoms with E-state index in [1.807, 2.05) is 0 Å². The van der Waals surface area contributed by atoms with Gasteiger partial charge in [0, 0.05) is 19.1 Å². The van der Waals surface area contributed by atoms with Crippen LogP contribution in [-0.4, -0.2) is 36.7 Å². The molecule has 0 aliphatic heterocycles. The molecule has 0 aromatic rings. The Morgan fingerprint density at radius 3 is 2.07 bits per heavy atom. The quantitative estimate of drug-likeness (QED) is 0.431. The maximum absolute atomic E-state index is 11.0. The zero-order valence-corrected chi connectivity index (χ0v) is 9.37. The van der Waals surface area contributed by atoms with Crippen LogP contribution in [0.4, 0.5) is 0 Å². The van der Waals surface area contributed by atoms with Crippen molar-refractivity contribution in [1.29, 1.82) is 0 Å². The highest BCUT2D eigenvalue weighted by atomic mass is 32.2. The van der Waals surface area contributed by atoms with E-state index in [9.17, 15) is 8.42 Å². The average Bonchev–Trinajstić information content (AvgIpc) is 2.17. The average molecular weight is 240 g/mol. The Bertz CT molecular complexity index is 284. The van der Waals surface area contributed by atoms with E-state index in [4.69, 9.17) is 10.5 Å². The Morgan fingerprint density at radius 1 is 1.27 bits per heavy atom. The Hall–Kier alpha value is -0.210. The van der Waals surface area contributed by atoms with E-state index in [1.54, 1.807) is 0 Å². The molecule has 0 heterocycles. The summed E-state index contributed by atoms with van der Waals surface area (Å²) in [5, 5.41) is 17.1. The zero-order chi connectivity index (χ0) is 11.5. The van der Waals surface area contributed by atoms with Gasteiger partial charge in [0.2, 0.25) is 5.79 Å². The van der Waals surface area contributed by atoms with Crippen LogP contribution in [0.3, 0.4) is 0 Å². The van der Waals surface area contributed by atoms with Crippen molar-refractivity contribution in [3.8, 4) is 0 Å². The van der Waals surface area contributed by atoms with E-state index >= 15 is 0 Å². The smallest absolute Gasteiger partial charge is 0.233 e. The van der Waals surface area contributed by atoms with Crippen LogP contribution in [0.15, 0.2) is 0 Å². The molecular weight excluding hydrogens is 224 g/mol. The van der Waals surface area contributed by atoms with Crippen molar-refractivity contribution >= 4 is 9.84 Å². The summed E-state index contributed by atoms with van der Waals surface area (Å²) >= 11 is 0. The van der Waals surface area contributed by atoms with Gasteiger partial charge in [-0.15, -0.1) is 0 Å². The van der Waals surface area contributed by atoms with Gasteiger partial charge >= 0.3 is 0 Å². The molecule has 90 valence electrons. The maximum Gasteiger partial charge on any atom is 0.233 e. The second-order valence-electron chi connectivity index (χ2n) is 4.13. The SMILES string of the molecule is CS(=O)(=O)CC1CCC(OO)(OO)CC1. The lowest BCUT2D eigenvalue weighted by Crippen LogP contribution is -2.39. The highest BCUT2D eigenvalue weighted by Crippen LogP contribution is 2.35. The largest absolute Gasteiger partial charge is 0.249 e. The normalized spacial score (nSPS) is 22.9. The Balaban J connectivity index is 2.49. The maximum atomic E-state index is 11.0. The molecule has 0 atom stereocenters. The molecule has 0 amide bonds. The predicted octanol–water partition coefficient (Wildman–Crippen LogP) is 0.897. The van der Waals surface area contributed by atoms with Gasteiger partial charge < -0.3 is 0 Å². The molecule has 0 saturated heterocycles. The summed E-state index contributed by atoms with van der Waals surface area (Å²) in [4.78, 5) is 8.17. The summed E-state index contributed by atoms with van der Waals surface area (Å²) in [6, 6.07) is 0. The highest BCUT2D eigenvalue weighted by molar-refractivity contribution is 7.90. The second kappa shape index (κ2) is 4.75. The molecule has 1 fully saturated rings. The van der Waals surface area contributed by atoms with Crippen molar-refractivity contribution in [1.82, 2.24) is 0 Å². The summed E-state index contributed by atoms with van der Waals surface area (Å²) < 4.78 is 22.1. The molecule has 0 bridgehead atoms. The minimum absolute atomic E-state index is 0.0402. The van der Waals surface area contributed by atoms with E-state index in [1.165, 1.54) is 6.26 Å². The van der Waals surface area contributed by atoms with Crippen LogP contribution < -0.4 is 0 Å². The van der Waals surface area contributed by atoms with Crippen LogP contribution in [0.2, 0.25) is 0 Å². The van der Waals surface area contributed by atoms with Crippen molar-refractivity contribution in [2.24, 2.45) is 5.92 Å². The van der Waals surface area contributed by atoms with Crippen molar-refractivity contribution in [2.45, 2.75) is 31.5 Å². The van der Waals surface area contributed by atoms with E-state index in [-0.39, 0.29) is 24.5 Å². The molecular formula is C8H16O6S. The van der Waals surface area contributed by atoms with Crippen molar-refractivity contribution in [3.05, 3.63) is 0 Å². The fourth-order valence-electron chi connectivity index (χ4n) is 1.91. The topological polar surface area (TPSA) is 93.1 Å². The Kier molecular flexibility index (Phi) is 4.07. The standard InChI is InChI=1S/C8H16O6S/c1-15(11,12)6-7-2-4-8(13-9,14-10)5-3-7/h7,9-10H,2-6H2,1H3. The molecule has 15 heavy (non-hydrogen) atoms. The first-order chi connectivity index (χ1) is 6.91. The third-order valence-electron chi connectivity index (χ3n) is 2.74. The summed E-state index contributed by atoms with van der Waals surface area (Å²) in [7, 11) is -2.98. The minimum atomic E-state index is -2.98. The first-order valence-electron chi connectivity index (χ1n) is 4.74. The number of sulfone groups is 1. The number of rotatable bonds is 4. The fourth-order valence-corrected chi connectivity index (χ4v) is 3.10. The van der Waals surface area contributed by atoms with E-state index in [0.29, 0.717) is 12.8 Å². The van der Waals surface area contributed by atoms with Crippen LogP contribution in [-0.2, 0) is 19.6 Å². The molecule has 1 saturated carbocycles. The van der Waals surface area contributed by atoms with Crippen molar-refractivity contribution in [3.63, 3.8) is 0 Å². The van der Waals surface area contributed by atoms with Crippen LogP contribution in [0.5, 0.6) is 0 Å². The van der Waals surface area contributed by atoms with E-state index in [2.05, 4.69) is 9.78 Å². The minimum Gasteiger partial charge on any atom is -0.249 e. The third kappa shape index (κ3) is 3.69. The molecule has 0 aromatic heterocycles. The van der Waals surface area contributed by atoms with Gasteiger partial charge in [-0.05, 0) is 18.8 Å². The predicted molar refractivity (Wildman–Crippen MR) is 51.8 cm³/mol. The Labute approximate surface area is 88.6 Å². The Morgan fingerprint density at radius 2 is 1.73 bits per heavy atom. The van der Waals surface area contributed by atoms with Gasteiger partial charge in [0.1, 0.15) is 9.84 Å². The molecule has 0 aromatic carbocycles. The molecule has 0 unspecified atom stereocenters. The van der Waals surface area contributed by atoms with Gasteiger partial charge in [0.25, 0.3) is 0 Å². The molecule has 1 rings (SSSR count). The third-order valence-corrected chi connectivity index (χ3v) is 3.82. The van der Waals surface area contributed by atoms with E-state index in [0.717, 1.165) is 0 Å². The van der Waals surface area contributed by atoms with Crippen LogP contribution >= 0.6 is 0 Å². The van der Waals surface area contributed by atoms with Gasteiger partial charge in [-0.1, -0.05) is 0 Å². The molecule has 1 aliphatic rings. The van der Waals surface area contributed by atoms with Gasteiger partial charge in [-0.2, -0.15) is 0 Å². The van der Waals surface area contributed by atoms with Crippen molar-refractivity contribution in [2.75, 3.05) is 12.0 Å². The molecule has 7 heteroatoms. The van der Waals surface area contributed by atoms with Gasteiger partial charge in [0.15, 0.2) is 0 Å². The second-order valence-corrected chi connectivity index (χ2v) is 6.31. The lowest BCUT2D eigenvalue weighted by molar-refractivity contribution is -0.493. The molecule has 1 aliphatic carbocycles. The van der Waals surface area contributed by atoms with Crippen LogP contribution in [0.1, 0.15) is 25.7 Å². The van der Waals surface area contributed by atoms with Gasteiger partial charge in [-0.25, -0.2) is 28.7 Å². The lowest BCUT2D eigenvalue weighted by atomic mass is 9.86. The first kappa shape index (κ1) is 12.9. The summed E-state index contributed by atoms with van der Waals surface area (Å²) in [5.41, 5.74) is 0. The van der Waals surface area contributed by atoms with Crippen molar-refractivity contribution < 1.29 is 28.7 Å². The molecule has 0 radical (unpaired) electrons.